The molecule has 0 spiro atoms. The van der Waals surface area contributed by atoms with Crippen LogP contribution in [-0.4, -0.2) is 0 Å². The lowest BCUT2D eigenvalue weighted by Crippen LogP contribution is -2.00. The van der Waals surface area contributed by atoms with E-state index < -0.39 is 0 Å². The average molecular weight is 276 g/mol. The first-order valence-corrected chi connectivity index (χ1v) is 7.72. The van der Waals surface area contributed by atoms with Gasteiger partial charge in [0.25, 0.3) is 0 Å². The first-order chi connectivity index (χ1) is 9.77. The highest BCUT2D eigenvalue weighted by molar-refractivity contribution is 5.81. The van der Waals surface area contributed by atoms with Crippen LogP contribution in [0, 0.1) is 17.8 Å². The second kappa shape index (κ2) is 4.59. The van der Waals surface area contributed by atoms with Crippen molar-refractivity contribution < 1.29 is 0 Å². The molecule has 0 N–H and O–H groups in total. The molecule has 0 fully saturated rings. The summed E-state index contributed by atoms with van der Waals surface area (Å²) in [6, 6.07) is 2.32. The molecule has 1 aromatic carbocycles. The van der Waals surface area contributed by atoms with Crippen molar-refractivity contribution in [2.45, 2.75) is 34.6 Å². The molecule has 108 valence electrons. The SMILES string of the molecule is Cc1c2c(cc3c1C=CC(C)(C)C=C3)C=CC(C)(C)C=C2. The second-order valence-electron chi connectivity index (χ2n) is 7.48. The minimum absolute atomic E-state index is 0.122. The van der Waals surface area contributed by atoms with Crippen LogP contribution in [0.1, 0.15) is 55.5 Å². The van der Waals surface area contributed by atoms with E-state index >= 15 is 0 Å². The van der Waals surface area contributed by atoms with Crippen molar-refractivity contribution in [3.63, 3.8) is 0 Å². The van der Waals surface area contributed by atoms with Crippen molar-refractivity contribution in [3.8, 4) is 0 Å². The van der Waals surface area contributed by atoms with Gasteiger partial charge in [0.2, 0.25) is 0 Å². The Hall–Kier alpha value is -1.82. The van der Waals surface area contributed by atoms with E-state index in [1.165, 1.54) is 27.8 Å². The third kappa shape index (κ3) is 2.68. The number of rotatable bonds is 0. The number of fused-ring (bicyclic) bond motifs is 2. The van der Waals surface area contributed by atoms with Gasteiger partial charge in [-0.25, -0.2) is 0 Å². The highest BCUT2D eigenvalue weighted by atomic mass is 14.2. The number of allylic oxidation sites excluding steroid dienone is 4. The summed E-state index contributed by atoms with van der Waals surface area (Å²) >= 11 is 0. The van der Waals surface area contributed by atoms with E-state index in [1.54, 1.807) is 0 Å². The first kappa shape index (κ1) is 14.1. The van der Waals surface area contributed by atoms with Gasteiger partial charge in [0.15, 0.2) is 0 Å². The lowest BCUT2D eigenvalue weighted by Gasteiger charge is -2.13. The minimum atomic E-state index is 0.122. The zero-order chi connectivity index (χ0) is 15.3. The van der Waals surface area contributed by atoms with Gasteiger partial charge in [-0.15, -0.1) is 0 Å². The van der Waals surface area contributed by atoms with Gasteiger partial charge in [0.1, 0.15) is 0 Å². The third-order valence-corrected chi connectivity index (χ3v) is 4.49. The van der Waals surface area contributed by atoms with Crippen molar-refractivity contribution in [1.82, 2.24) is 0 Å². The van der Waals surface area contributed by atoms with Crippen LogP contribution < -0.4 is 0 Å². The topological polar surface area (TPSA) is 0 Å². The fraction of sp³-hybridized carbons (Fsp3) is 0.333. The molecule has 0 aromatic heterocycles. The Morgan fingerprint density at radius 2 is 1.00 bits per heavy atom. The molecule has 0 nitrogen and oxygen atoms in total. The maximum Gasteiger partial charge on any atom is 0.00111 e. The molecule has 21 heavy (non-hydrogen) atoms. The molecule has 0 heteroatoms. The van der Waals surface area contributed by atoms with Crippen LogP contribution in [0.5, 0.6) is 0 Å². The van der Waals surface area contributed by atoms with Gasteiger partial charge in [0.05, 0.1) is 0 Å². The van der Waals surface area contributed by atoms with Crippen LogP contribution in [0.25, 0.3) is 24.3 Å². The van der Waals surface area contributed by atoms with Gasteiger partial charge < -0.3 is 0 Å². The highest BCUT2D eigenvalue weighted by Gasteiger charge is 2.18. The molecule has 3 rings (SSSR count). The van der Waals surface area contributed by atoms with E-state index in [2.05, 4.69) is 89.3 Å². The molecular weight excluding hydrogens is 252 g/mol. The van der Waals surface area contributed by atoms with Crippen LogP contribution in [-0.2, 0) is 0 Å². The maximum atomic E-state index is 2.32. The first-order valence-electron chi connectivity index (χ1n) is 7.72. The van der Waals surface area contributed by atoms with E-state index in [4.69, 9.17) is 0 Å². The zero-order valence-corrected chi connectivity index (χ0v) is 13.7. The molecule has 0 saturated carbocycles. The quantitative estimate of drug-likeness (QED) is 0.535. The summed E-state index contributed by atoms with van der Waals surface area (Å²) in [5, 5.41) is 0. The van der Waals surface area contributed by atoms with E-state index in [1.807, 2.05) is 0 Å². The monoisotopic (exact) mass is 276 g/mol. The third-order valence-electron chi connectivity index (χ3n) is 4.49. The molecule has 0 heterocycles. The Morgan fingerprint density at radius 1 is 0.619 bits per heavy atom. The van der Waals surface area contributed by atoms with Crippen LogP contribution in [0.3, 0.4) is 0 Å². The predicted molar refractivity (Wildman–Crippen MR) is 94.9 cm³/mol. The second-order valence-corrected chi connectivity index (χ2v) is 7.48. The van der Waals surface area contributed by atoms with Crippen LogP contribution in [0.2, 0.25) is 0 Å². The molecule has 0 saturated heterocycles. The van der Waals surface area contributed by atoms with Gasteiger partial charge in [-0.3, -0.25) is 0 Å². The van der Waals surface area contributed by atoms with Gasteiger partial charge in [-0.2, -0.15) is 0 Å². The van der Waals surface area contributed by atoms with E-state index in [9.17, 15) is 0 Å². The fourth-order valence-corrected chi connectivity index (χ4v) is 2.94. The molecule has 1 aromatic rings. The Labute approximate surface area is 128 Å². The molecule has 0 unspecified atom stereocenters. The fourth-order valence-electron chi connectivity index (χ4n) is 2.94. The van der Waals surface area contributed by atoms with E-state index in [-0.39, 0.29) is 10.8 Å². The standard InChI is InChI=1S/C21H24/c1-15-18-8-12-20(2,3)10-6-16(18)14-17-7-11-21(4,5)13-9-19(15)17/h6-14H,1-5H3. The molecule has 0 bridgehead atoms. The summed E-state index contributed by atoms with van der Waals surface area (Å²) in [5.74, 6) is 0. The Balaban J connectivity index is 2.23. The van der Waals surface area contributed by atoms with Gasteiger partial charge in [0, 0.05) is 10.8 Å². The predicted octanol–water partition coefficient (Wildman–Crippen LogP) is 6.13. The summed E-state index contributed by atoms with van der Waals surface area (Å²) in [6.07, 6.45) is 18.3. The highest BCUT2D eigenvalue weighted by Crippen LogP contribution is 2.35. The Bertz CT molecular complexity index is 646. The zero-order valence-electron chi connectivity index (χ0n) is 13.7. The van der Waals surface area contributed by atoms with Crippen molar-refractivity contribution in [3.05, 3.63) is 58.2 Å². The van der Waals surface area contributed by atoms with Crippen LogP contribution in [0.15, 0.2) is 30.4 Å². The van der Waals surface area contributed by atoms with Gasteiger partial charge in [-0.1, -0.05) is 76.3 Å². The Morgan fingerprint density at radius 3 is 1.43 bits per heavy atom. The summed E-state index contributed by atoms with van der Waals surface area (Å²) in [4.78, 5) is 0. The minimum Gasteiger partial charge on any atom is -0.0745 e. The molecule has 0 amide bonds. The van der Waals surface area contributed by atoms with Crippen LogP contribution >= 0.6 is 0 Å². The van der Waals surface area contributed by atoms with Crippen molar-refractivity contribution in [2.75, 3.05) is 0 Å². The smallest absolute Gasteiger partial charge is 0.00111 e. The number of hydrogen-bond acceptors (Lipinski definition) is 0. The van der Waals surface area contributed by atoms with Crippen molar-refractivity contribution >= 4 is 24.3 Å². The molecule has 2 aliphatic carbocycles. The lowest BCUT2D eigenvalue weighted by molar-refractivity contribution is 0.633. The molecule has 0 radical (unpaired) electrons. The van der Waals surface area contributed by atoms with Gasteiger partial charge >= 0.3 is 0 Å². The summed E-state index contributed by atoms with van der Waals surface area (Å²) < 4.78 is 0. The van der Waals surface area contributed by atoms with E-state index in [0.29, 0.717) is 0 Å². The number of benzene rings is 1. The van der Waals surface area contributed by atoms with E-state index in [0.717, 1.165) is 0 Å². The largest absolute Gasteiger partial charge is 0.0745 e. The lowest BCUT2D eigenvalue weighted by atomic mass is 9.92. The van der Waals surface area contributed by atoms with Crippen molar-refractivity contribution in [1.29, 1.82) is 0 Å². The Kier molecular flexibility index (Phi) is 3.09. The maximum absolute atomic E-state index is 2.32. The summed E-state index contributed by atoms with van der Waals surface area (Å²) in [7, 11) is 0. The normalized spacial score (nSPS) is 20.6. The summed E-state index contributed by atoms with van der Waals surface area (Å²) in [6.45, 7) is 11.2. The molecule has 0 aliphatic heterocycles. The molecular formula is C21H24. The average Bonchev–Trinajstić information content (AvgIpc) is 2.64. The van der Waals surface area contributed by atoms with Gasteiger partial charge in [-0.05, 0) is 40.8 Å². The molecule has 0 atom stereocenters. The van der Waals surface area contributed by atoms with Crippen molar-refractivity contribution in [2.24, 2.45) is 10.8 Å². The number of hydrogen-bond donors (Lipinski definition) is 0. The summed E-state index contributed by atoms with van der Waals surface area (Å²) in [5.41, 5.74) is 6.98. The van der Waals surface area contributed by atoms with Crippen LogP contribution in [0.4, 0.5) is 0 Å². The molecule has 2 aliphatic rings.